The smallest absolute Gasteiger partial charge is 0.130 e. The van der Waals surface area contributed by atoms with Crippen molar-refractivity contribution in [3.05, 3.63) is 23.9 Å². The summed E-state index contributed by atoms with van der Waals surface area (Å²) < 4.78 is 0. The van der Waals surface area contributed by atoms with Crippen molar-refractivity contribution < 1.29 is 0 Å². The third-order valence-electron chi connectivity index (χ3n) is 4.26. The first-order valence-corrected chi connectivity index (χ1v) is 8.01. The summed E-state index contributed by atoms with van der Waals surface area (Å²) in [6.45, 7) is 11.4. The Morgan fingerprint density at radius 1 is 1.30 bits per heavy atom. The number of anilines is 1. The van der Waals surface area contributed by atoms with Crippen molar-refractivity contribution in [1.82, 2.24) is 9.88 Å². The lowest BCUT2D eigenvalue weighted by Gasteiger charge is -2.24. The minimum absolute atomic E-state index is 0.507. The molecule has 3 heteroatoms. The number of hydrogen-bond donors (Lipinski definition) is 1. The number of likely N-dealkylation sites (tertiary alicyclic amines) is 1. The van der Waals surface area contributed by atoms with E-state index in [9.17, 15) is 0 Å². The number of rotatable bonds is 5. The highest BCUT2D eigenvalue weighted by Crippen LogP contribution is 2.30. The van der Waals surface area contributed by atoms with Crippen LogP contribution >= 0.6 is 0 Å². The van der Waals surface area contributed by atoms with Crippen LogP contribution in [0.15, 0.2) is 18.3 Å². The van der Waals surface area contributed by atoms with Crippen LogP contribution < -0.4 is 5.32 Å². The van der Waals surface area contributed by atoms with Gasteiger partial charge in [-0.05, 0) is 50.3 Å². The molecule has 1 aliphatic heterocycles. The number of hydrogen-bond acceptors (Lipinski definition) is 3. The largest absolute Gasteiger partial charge is 0.370 e. The maximum atomic E-state index is 4.50. The summed E-state index contributed by atoms with van der Waals surface area (Å²) in [6.07, 6.45) is 6.97. The van der Waals surface area contributed by atoms with Crippen molar-refractivity contribution in [1.29, 1.82) is 0 Å². The Balaban J connectivity index is 1.98. The molecule has 1 aromatic rings. The first-order chi connectivity index (χ1) is 9.61. The highest BCUT2D eigenvalue weighted by atomic mass is 15.1. The monoisotopic (exact) mass is 275 g/mol. The molecule has 20 heavy (non-hydrogen) atoms. The Kier molecular flexibility index (Phi) is 5.41. The topological polar surface area (TPSA) is 28.2 Å². The van der Waals surface area contributed by atoms with Crippen LogP contribution in [0.3, 0.4) is 0 Å². The van der Waals surface area contributed by atoms with E-state index in [2.05, 4.69) is 42.0 Å². The zero-order valence-corrected chi connectivity index (χ0v) is 13.3. The van der Waals surface area contributed by atoms with Crippen LogP contribution in [0.4, 0.5) is 5.82 Å². The van der Waals surface area contributed by atoms with Gasteiger partial charge < -0.3 is 5.32 Å². The van der Waals surface area contributed by atoms with Crippen LogP contribution in [0.2, 0.25) is 0 Å². The highest BCUT2D eigenvalue weighted by molar-refractivity contribution is 5.43. The molecule has 0 bridgehead atoms. The van der Waals surface area contributed by atoms with Crippen molar-refractivity contribution in [2.24, 2.45) is 5.41 Å². The van der Waals surface area contributed by atoms with Crippen LogP contribution in [0.1, 0.15) is 52.0 Å². The van der Waals surface area contributed by atoms with Gasteiger partial charge in [0.2, 0.25) is 0 Å². The Labute approximate surface area is 123 Å². The fourth-order valence-electron chi connectivity index (χ4n) is 2.85. The van der Waals surface area contributed by atoms with Crippen LogP contribution in [0, 0.1) is 5.41 Å². The lowest BCUT2D eigenvalue weighted by atomic mass is 9.85. The molecule has 1 N–H and O–H groups in total. The lowest BCUT2D eigenvalue weighted by Crippen LogP contribution is -2.25. The molecule has 0 aromatic carbocycles. The van der Waals surface area contributed by atoms with E-state index in [0.29, 0.717) is 5.41 Å². The predicted molar refractivity (Wildman–Crippen MR) is 85.9 cm³/mol. The fourth-order valence-corrected chi connectivity index (χ4v) is 2.85. The molecule has 1 fully saturated rings. The molecule has 0 saturated carbocycles. The van der Waals surface area contributed by atoms with Gasteiger partial charge in [0.15, 0.2) is 0 Å². The van der Waals surface area contributed by atoms with E-state index in [1.54, 1.807) is 0 Å². The molecule has 0 unspecified atom stereocenters. The molecule has 0 aliphatic carbocycles. The van der Waals surface area contributed by atoms with Crippen molar-refractivity contribution in [3.8, 4) is 0 Å². The second-order valence-electron chi connectivity index (χ2n) is 6.73. The molecule has 1 aromatic heterocycles. The molecule has 1 aliphatic rings. The predicted octanol–water partition coefficient (Wildman–Crippen LogP) is 3.92. The van der Waals surface area contributed by atoms with Crippen LogP contribution in [0.25, 0.3) is 0 Å². The molecule has 0 amide bonds. The van der Waals surface area contributed by atoms with E-state index < -0.39 is 0 Å². The minimum Gasteiger partial charge on any atom is -0.370 e. The maximum absolute atomic E-state index is 4.50. The third-order valence-corrected chi connectivity index (χ3v) is 4.26. The average Bonchev–Trinajstić information content (AvgIpc) is 2.59. The van der Waals surface area contributed by atoms with Gasteiger partial charge in [-0.1, -0.05) is 26.8 Å². The molecular weight excluding hydrogens is 246 g/mol. The van der Waals surface area contributed by atoms with Crippen LogP contribution in [-0.4, -0.2) is 29.5 Å². The van der Waals surface area contributed by atoms with Gasteiger partial charge in [-0.15, -0.1) is 0 Å². The molecule has 2 heterocycles. The van der Waals surface area contributed by atoms with Gasteiger partial charge in [0, 0.05) is 24.8 Å². The van der Waals surface area contributed by atoms with Crippen molar-refractivity contribution in [2.75, 3.05) is 25.0 Å². The summed E-state index contributed by atoms with van der Waals surface area (Å²) >= 11 is 0. The molecule has 1 saturated heterocycles. The van der Waals surface area contributed by atoms with Gasteiger partial charge in [-0.25, -0.2) is 4.98 Å². The Morgan fingerprint density at radius 2 is 2.15 bits per heavy atom. The first kappa shape index (κ1) is 15.3. The number of nitrogens with one attached hydrogen (secondary N) is 1. The van der Waals surface area contributed by atoms with Gasteiger partial charge in [0.25, 0.3) is 0 Å². The van der Waals surface area contributed by atoms with Crippen LogP contribution in [-0.2, 0) is 6.54 Å². The summed E-state index contributed by atoms with van der Waals surface area (Å²) in [5, 5.41) is 3.45. The normalized spacial score (nSPS) is 19.6. The summed E-state index contributed by atoms with van der Waals surface area (Å²) in [7, 11) is 0. The number of pyridine rings is 1. The molecular formula is C17H29N3. The fraction of sp³-hybridized carbons (Fsp3) is 0.706. The lowest BCUT2D eigenvalue weighted by molar-refractivity contribution is 0.256. The Morgan fingerprint density at radius 3 is 2.95 bits per heavy atom. The van der Waals surface area contributed by atoms with E-state index >= 15 is 0 Å². The van der Waals surface area contributed by atoms with Crippen molar-refractivity contribution >= 4 is 5.82 Å². The average molecular weight is 275 g/mol. The van der Waals surface area contributed by atoms with Crippen molar-refractivity contribution in [2.45, 2.75) is 53.0 Å². The van der Waals surface area contributed by atoms with Gasteiger partial charge in [-0.2, -0.15) is 0 Å². The molecule has 0 spiro atoms. The van der Waals surface area contributed by atoms with E-state index in [1.165, 1.54) is 37.9 Å². The molecule has 0 atom stereocenters. The van der Waals surface area contributed by atoms with Crippen LogP contribution in [0.5, 0.6) is 0 Å². The van der Waals surface area contributed by atoms with E-state index in [0.717, 1.165) is 25.3 Å². The molecule has 3 nitrogen and oxygen atoms in total. The second kappa shape index (κ2) is 7.07. The second-order valence-corrected chi connectivity index (χ2v) is 6.73. The highest BCUT2D eigenvalue weighted by Gasteiger charge is 2.23. The first-order valence-electron chi connectivity index (χ1n) is 8.01. The summed E-state index contributed by atoms with van der Waals surface area (Å²) in [4.78, 5) is 7.08. The summed E-state index contributed by atoms with van der Waals surface area (Å²) in [6, 6.07) is 4.26. The number of nitrogens with zero attached hydrogens (tertiary/aromatic N) is 2. The van der Waals surface area contributed by atoms with Crippen molar-refractivity contribution in [3.63, 3.8) is 0 Å². The van der Waals surface area contributed by atoms with Gasteiger partial charge in [0.05, 0.1) is 0 Å². The minimum atomic E-state index is 0.507. The van der Waals surface area contributed by atoms with E-state index in [-0.39, 0.29) is 0 Å². The summed E-state index contributed by atoms with van der Waals surface area (Å²) in [5.41, 5.74) is 1.84. The number of aromatic nitrogens is 1. The zero-order chi connectivity index (χ0) is 14.4. The standard InChI is InChI=1S/C17H29N3/c1-4-10-18-16-15(7-5-11-19-16)14-20-12-6-8-17(2,3)9-13-20/h5,7,11H,4,6,8-10,12-14H2,1-3H3,(H,18,19). The van der Waals surface area contributed by atoms with Gasteiger partial charge in [0.1, 0.15) is 5.82 Å². The van der Waals surface area contributed by atoms with E-state index in [4.69, 9.17) is 0 Å². The zero-order valence-electron chi connectivity index (χ0n) is 13.3. The molecule has 112 valence electrons. The Bertz CT molecular complexity index is 414. The molecule has 2 rings (SSSR count). The Hall–Kier alpha value is -1.09. The molecule has 0 radical (unpaired) electrons. The van der Waals surface area contributed by atoms with E-state index in [1.807, 2.05) is 12.3 Å². The quantitative estimate of drug-likeness (QED) is 0.883. The SMILES string of the molecule is CCCNc1ncccc1CN1CCCC(C)(C)CC1. The maximum Gasteiger partial charge on any atom is 0.130 e. The third kappa shape index (κ3) is 4.48. The summed E-state index contributed by atoms with van der Waals surface area (Å²) in [5.74, 6) is 1.07. The van der Waals surface area contributed by atoms with Gasteiger partial charge in [-0.3, -0.25) is 4.90 Å². The van der Waals surface area contributed by atoms with Gasteiger partial charge >= 0.3 is 0 Å².